The molecule has 0 spiro atoms. The zero-order chi connectivity index (χ0) is 12.5. The summed E-state index contributed by atoms with van der Waals surface area (Å²) in [4.78, 5) is 11.6. The Balaban J connectivity index is 2.48. The topological polar surface area (TPSA) is 51.9 Å². The zero-order valence-electron chi connectivity index (χ0n) is 10.4. The number of aromatic amines is 1. The van der Waals surface area contributed by atoms with Gasteiger partial charge in [0.25, 0.3) is 5.69 Å². The molecule has 1 aromatic carbocycles. The van der Waals surface area contributed by atoms with Gasteiger partial charge >= 0.3 is 0 Å². The lowest BCUT2D eigenvalue weighted by molar-refractivity contribution is -0.704. The van der Waals surface area contributed by atoms with Crippen molar-refractivity contribution in [2.75, 3.05) is 0 Å². The summed E-state index contributed by atoms with van der Waals surface area (Å²) in [6, 6.07) is 9.54. The van der Waals surface area contributed by atoms with Crippen LogP contribution in [0.3, 0.4) is 0 Å². The summed E-state index contributed by atoms with van der Waals surface area (Å²) in [5, 5.41) is 2.70. The Labute approximate surface area is 99.8 Å². The molecule has 0 unspecified atom stereocenters. The van der Waals surface area contributed by atoms with Crippen LogP contribution in [0.2, 0.25) is 0 Å². The van der Waals surface area contributed by atoms with Crippen molar-refractivity contribution in [3.05, 3.63) is 40.9 Å². The summed E-state index contributed by atoms with van der Waals surface area (Å²) in [5.41, 5.74) is 2.36. The Hall–Kier alpha value is -1.84. The Morgan fingerprint density at radius 1 is 1.24 bits per heavy atom. The number of rotatable bonds is 2. The summed E-state index contributed by atoms with van der Waals surface area (Å²) in [5.74, 6) is 0. The first-order valence-corrected chi connectivity index (χ1v) is 5.66. The third-order valence-electron chi connectivity index (χ3n) is 2.47. The van der Waals surface area contributed by atoms with Crippen LogP contribution >= 0.6 is 0 Å². The second kappa shape index (κ2) is 4.20. The van der Waals surface area contributed by atoms with E-state index in [-0.39, 0.29) is 5.41 Å². The summed E-state index contributed by atoms with van der Waals surface area (Å²) >= 11 is 0. The number of hydrogen-bond donors (Lipinski definition) is 1. The van der Waals surface area contributed by atoms with E-state index in [9.17, 15) is 4.91 Å². The van der Waals surface area contributed by atoms with E-state index in [0.717, 1.165) is 17.7 Å². The maximum absolute atomic E-state index is 11.6. The van der Waals surface area contributed by atoms with Gasteiger partial charge in [0.15, 0.2) is 10.3 Å². The molecule has 4 heteroatoms. The quantitative estimate of drug-likeness (QED) is 0.867. The predicted molar refractivity (Wildman–Crippen MR) is 65.0 cm³/mol. The first kappa shape index (κ1) is 11.6. The minimum atomic E-state index is 0.0942. The molecule has 0 aliphatic carbocycles. The van der Waals surface area contributed by atoms with Crippen molar-refractivity contribution in [2.24, 2.45) is 5.41 Å². The first-order chi connectivity index (χ1) is 7.97. The van der Waals surface area contributed by atoms with Crippen LogP contribution in [-0.4, -0.2) is 5.16 Å². The molecule has 0 amide bonds. The lowest BCUT2D eigenvalue weighted by Gasteiger charge is -2.14. The Bertz CT molecular complexity index is 547. The minimum absolute atomic E-state index is 0.0942. The van der Waals surface area contributed by atoms with Crippen LogP contribution < -0.4 is 4.60 Å². The highest BCUT2D eigenvalue weighted by Gasteiger charge is 2.26. The molecule has 0 bridgehead atoms. The van der Waals surface area contributed by atoms with Gasteiger partial charge < -0.3 is 0 Å². The normalized spacial score (nSPS) is 11.7. The molecule has 90 valence electrons. The SMILES string of the molecule is CC(C)(C)Cc1[nH]o[n+](=O)c1-c1ccccc1. The monoisotopic (exact) mass is 233 g/mol. The number of nitrogens with one attached hydrogen (secondary N) is 1. The number of nitrogens with zero attached hydrogens (tertiary/aromatic N) is 1. The van der Waals surface area contributed by atoms with E-state index in [0.29, 0.717) is 10.3 Å². The maximum Gasteiger partial charge on any atom is 0.275 e. The first-order valence-electron chi connectivity index (χ1n) is 5.66. The van der Waals surface area contributed by atoms with E-state index in [1.54, 1.807) is 0 Å². The van der Waals surface area contributed by atoms with Crippen LogP contribution in [0.4, 0.5) is 0 Å². The molecule has 0 atom stereocenters. The number of H-pyrrole nitrogens is 1. The van der Waals surface area contributed by atoms with Crippen molar-refractivity contribution >= 4 is 0 Å². The van der Waals surface area contributed by atoms with Crippen molar-refractivity contribution in [2.45, 2.75) is 27.2 Å². The van der Waals surface area contributed by atoms with Crippen LogP contribution in [0.5, 0.6) is 0 Å². The third kappa shape index (κ3) is 2.64. The van der Waals surface area contributed by atoms with Crippen molar-refractivity contribution in [3.8, 4) is 11.3 Å². The minimum Gasteiger partial charge on any atom is -0.0878 e. The van der Waals surface area contributed by atoms with Gasteiger partial charge in [-0.05, 0) is 10.3 Å². The fourth-order valence-corrected chi connectivity index (χ4v) is 1.83. The van der Waals surface area contributed by atoms with E-state index in [2.05, 4.69) is 25.9 Å². The Morgan fingerprint density at radius 3 is 2.47 bits per heavy atom. The van der Waals surface area contributed by atoms with Crippen molar-refractivity contribution in [1.29, 1.82) is 0 Å². The highest BCUT2D eigenvalue weighted by atomic mass is 16.7. The van der Waals surface area contributed by atoms with E-state index in [4.69, 9.17) is 4.63 Å². The van der Waals surface area contributed by atoms with Gasteiger partial charge in [0.1, 0.15) is 0 Å². The van der Waals surface area contributed by atoms with Crippen LogP contribution in [0.15, 0.2) is 35.0 Å². The fourth-order valence-electron chi connectivity index (χ4n) is 1.83. The Kier molecular flexibility index (Phi) is 2.88. The average Bonchev–Trinajstić information content (AvgIpc) is 2.58. The number of hydrogen-bond acceptors (Lipinski definition) is 2. The highest BCUT2D eigenvalue weighted by molar-refractivity contribution is 5.57. The number of benzene rings is 1. The van der Waals surface area contributed by atoms with Gasteiger partial charge in [0.2, 0.25) is 0 Å². The van der Waals surface area contributed by atoms with Gasteiger partial charge in [-0.25, -0.2) is 0 Å². The van der Waals surface area contributed by atoms with Crippen molar-refractivity contribution in [1.82, 2.24) is 5.16 Å². The smallest absolute Gasteiger partial charge is 0.0878 e. The molecule has 1 N–H and O–H groups in total. The van der Waals surface area contributed by atoms with Gasteiger partial charge in [0.05, 0.1) is 0 Å². The summed E-state index contributed by atoms with van der Waals surface area (Å²) in [7, 11) is 0. The number of aromatic nitrogens is 2. The van der Waals surface area contributed by atoms with E-state index in [1.165, 1.54) is 0 Å². The van der Waals surface area contributed by atoms with E-state index >= 15 is 0 Å². The van der Waals surface area contributed by atoms with Crippen LogP contribution in [0, 0.1) is 10.3 Å². The van der Waals surface area contributed by atoms with Crippen molar-refractivity contribution in [3.63, 3.8) is 0 Å². The third-order valence-corrected chi connectivity index (χ3v) is 2.47. The van der Waals surface area contributed by atoms with Gasteiger partial charge in [-0.3, -0.25) is 0 Å². The summed E-state index contributed by atoms with van der Waals surface area (Å²) in [6.45, 7) is 6.37. The van der Waals surface area contributed by atoms with Crippen molar-refractivity contribution < 1.29 is 9.23 Å². The molecule has 0 aliphatic heterocycles. The summed E-state index contributed by atoms with van der Waals surface area (Å²) in [6.07, 6.45) is 0.760. The molecule has 0 saturated heterocycles. The molecule has 2 aromatic rings. The fraction of sp³-hybridized carbons (Fsp3) is 0.385. The van der Waals surface area contributed by atoms with E-state index in [1.807, 2.05) is 30.3 Å². The van der Waals surface area contributed by atoms with Crippen LogP contribution in [0.25, 0.3) is 11.3 Å². The molecule has 0 fully saturated rings. The highest BCUT2D eigenvalue weighted by Crippen LogP contribution is 2.25. The Morgan fingerprint density at radius 2 is 1.88 bits per heavy atom. The molecule has 4 nitrogen and oxygen atoms in total. The zero-order valence-corrected chi connectivity index (χ0v) is 10.4. The average molecular weight is 233 g/mol. The molecule has 1 aromatic heterocycles. The molecular formula is C13H17N2O2+. The standard InChI is InChI=1S/C13H17N2O2/c1-13(2,3)9-11-12(15(16)17-14-11)10-7-5-4-6-8-10/h4-8,14H,9H2,1-3H3/q+1. The second-order valence-corrected chi connectivity index (χ2v) is 5.38. The van der Waals surface area contributed by atoms with Gasteiger partial charge in [-0.15, -0.1) is 0 Å². The lowest BCUT2D eigenvalue weighted by Crippen LogP contribution is -2.15. The molecule has 17 heavy (non-hydrogen) atoms. The molecule has 2 rings (SSSR count). The van der Waals surface area contributed by atoms with Gasteiger partial charge in [0, 0.05) is 12.0 Å². The molecular weight excluding hydrogens is 216 g/mol. The van der Waals surface area contributed by atoms with Gasteiger partial charge in [-0.2, -0.15) is 0 Å². The van der Waals surface area contributed by atoms with E-state index < -0.39 is 0 Å². The van der Waals surface area contributed by atoms with Crippen LogP contribution in [-0.2, 0) is 6.42 Å². The molecule has 1 heterocycles. The largest absolute Gasteiger partial charge is 0.275 e. The van der Waals surface area contributed by atoms with Gasteiger partial charge in [-0.1, -0.05) is 60.9 Å². The molecule has 0 saturated carbocycles. The lowest BCUT2D eigenvalue weighted by atomic mass is 9.89. The van der Waals surface area contributed by atoms with Crippen LogP contribution in [0.1, 0.15) is 26.5 Å². The second-order valence-electron chi connectivity index (χ2n) is 5.38. The molecule has 0 aliphatic rings. The summed E-state index contributed by atoms with van der Waals surface area (Å²) < 4.78 is 5.37. The molecule has 0 radical (unpaired) electrons. The predicted octanol–water partition coefficient (Wildman–Crippen LogP) is 2.78. The maximum atomic E-state index is 11.6.